The van der Waals surface area contributed by atoms with Crippen LogP contribution in [-0.2, 0) is 4.74 Å². The summed E-state index contributed by atoms with van der Waals surface area (Å²) in [5, 5.41) is 16.5. The quantitative estimate of drug-likeness (QED) is 0.787. The number of pyridine rings is 1. The highest BCUT2D eigenvalue weighted by atomic mass is 16.5. The molecule has 2 heterocycles. The summed E-state index contributed by atoms with van der Waals surface area (Å²) in [5.74, 6) is 1.65. The molecule has 108 valence electrons. The number of hydrogen-bond acceptors (Lipinski definition) is 7. The Labute approximate surface area is 117 Å². The maximum atomic E-state index is 9.59. The second kappa shape index (κ2) is 6.97. The van der Waals surface area contributed by atoms with Gasteiger partial charge in [0.05, 0.1) is 18.3 Å². The molecule has 1 unspecified atom stereocenters. The number of hydrogen-bond donors (Lipinski definition) is 2. The van der Waals surface area contributed by atoms with Gasteiger partial charge in [0.25, 0.3) is 5.89 Å². The van der Waals surface area contributed by atoms with Crippen molar-refractivity contribution >= 4 is 5.82 Å². The van der Waals surface area contributed by atoms with Crippen molar-refractivity contribution in [3.63, 3.8) is 0 Å². The minimum absolute atomic E-state index is 0.319. The van der Waals surface area contributed by atoms with Gasteiger partial charge < -0.3 is 19.7 Å². The van der Waals surface area contributed by atoms with E-state index in [1.54, 1.807) is 26.3 Å². The molecular formula is C13H18N4O3. The number of methoxy groups -OCH3 is 1. The van der Waals surface area contributed by atoms with Crippen molar-refractivity contribution in [2.75, 3.05) is 25.6 Å². The molecule has 0 aliphatic rings. The molecule has 0 aliphatic carbocycles. The predicted octanol–water partition coefficient (Wildman–Crippen LogP) is 1.25. The largest absolute Gasteiger partial charge is 0.391 e. The van der Waals surface area contributed by atoms with Gasteiger partial charge in [-0.25, -0.2) is 4.98 Å². The Bertz CT molecular complexity index is 544. The number of aromatic nitrogens is 3. The van der Waals surface area contributed by atoms with E-state index in [9.17, 15) is 5.11 Å². The first-order valence-corrected chi connectivity index (χ1v) is 6.37. The number of ether oxygens (including phenoxy) is 1. The van der Waals surface area contributed by atoms with Gasteiger partial charge in [-0.05, 0) is 25.5 Å². The molecule has 0 amide bonds. The zero-order chi connectivity index (χ0) is 14.4. The first-order chi connectivity index (χ1) is 9.70. The number of aliphatic hydroxyl groups excluding tert-OH is 1. The van der Waals surface area contributed by atoms with Crippen molar-refractivity contribution in [1.29, 1.82) is 0 Å². The fraction of sp³-hybridized carbons (Fsp3) is 0.462. The van der Waals surface area contributed by atoms with Crippen molar-refractivity contribution in [3.8, 4) is 11.5 Å². The predicted molar refractivity (Wildman–Crippen MR) is 73.3 cm³/mol. The van der Waals surface area contributed by atoms with E-state index in [1.165, 1.54) is 0 Å². The third-order valence-electron chi connectivity index (χ3n) is 2.69. The summed E-state index contributed by atoms with van der Waals surface area (Å²) >= 11 is 0. The summed E-state index contributed by atoms with van der Waals surface area (Å²) in [6, 6.07) is 3.66. The van der Waals surface area contributed by atoms with Gasteiger partial charge in [-0.2, -0.15) is 4.98 Å². The lowest BCUT2D eigenvalue weighted by atomic mass is 10.2. The second-order valence-corrected chi connectivity index (χ2v) is 4.37. The van der Waals surface area contributed by atoms with E-state index >= 15 is 0 Å². The summed E-state index contributed by atoms with van der Waals surface area (Å²) in [4.78, 5) is 8.44. The molecule has 0 saturated carbocycles. The van der Waals surface area contributed by atoms with E-state index in [1.807, 2.05) is 6.07 Å². The molecule has 0 aromatic carbocycles. The van der Waals surface area contributed by atoms with Crippen LogP contribution < -0.4 is 5.32 Å². The Morgan fingerprint density at radius 3 is 3.05 bits per heavy atom. The molecule has 20 heavy (non-hydrogen) atoms. The summed E-state index contributed by atoms with van der Waals surface area (Å²) in [6.07, 6.45) is 1.75. The molecule has 2 rings (SSSR count). The van der Waals surface area contributed by atoms with Gasteiger partial charge in [-0.15, -0.1) is 0 Å². The number of anilines is 1. The first kappa shape index (κ1) is 14.4. The van der Waals surface area contributed by atoms with Crippen LogP contribution in [0.3, 0.4) is 0 Å². The number of nitrogens with zero attached hydrogens (tertiary/aromatic N) is 3. The highest BCUT2D eigenvalue weighted by molar-refractivity contribution is 5.68. The van der Waals surface area contributed by atoms with Crippen molar-refractivity contribution in [2.24, 2.45) is 0 Å². The molecule has 1 atom stereocenters. The van der Waals surface area contributed by atoms with Crippen LogP contribution in [0, 0.1) is 6.92 Å². The van der Waals surface area contributed by atoms with E-state index in [0.29, 0.717) is 37.1 Å². The number of rotatable bonds is 7. The molecule has 2 N–H and O–H groups in total. The van der Waals surface area contributed by atoms with Crippen LogP contribution in [0.5, 0.6) is 0 Å². The van der Waals surface area contributed by atoms with Crippen molar-refractivity contribution < 1.29 is 14.4 Å². The maximum absolute atomic E-state index is 9.59. The van der Waals surface area contributed by atoms with Crippen LogP contribution in [0.15, 0.2) is 22.9 Å². The monoisotopic (exact) mass is 278 g/mol. The van der Waals surface area contributed by atoms with E-state index in [4.69, 9.17) is 9.26 Å². The minimum Gasteiger partial charge on any atom is -0.391 e. The van der Waals surface area contributed by atoms with E-state index in [0.717, 1.165) is 5.56 Å². The zero-order valence-electron chi connectivity index (χ0n) is 11.5. The molecule has 0 bridgehead atoms. The Kier molecular flexibility index (Phi) is 5.03. The molecule has 7 heteroatoms. The molecule has 0 spiro atoms. The summed E-state index contributed by atoms with van der Waals surface area (Å²) in [7, 11) is 1.56. The minimum atomic E-state index is -0.495. The van der Waals surface area contributed by atoms with Crippen molar-refractivity contribution in [1.82, 2.24) is 15.1 Å². The standard InChI is InChI=1S/C13H18N4O3/c1-9-16-13(20-17-9)11-4-3-6-14-12(11)15-7-5-10(18)8-19-2/h3-4,6,10,18H,5,7-8H2,1-2H3,(H,14,15). The Balaban J connectivity index is 2.01. The van der Waals surface area contributed by atoms with Gasteiger partial charge in [0, 0.05) is 19.9 Å². The van der Waals surface area contributed by atoms with Gasteiger partial charge in [0.15, 0.2) is 5.82 Å². The summed E-state index contributed by atoms with van der Waals surface area (Å²) in [5.41, 5.74) is 0.745. The Morgan fingerprint density at radius 1 is 1.50 bits per heavy atom. The third kappa shape index (κ3) is 3.75. The van der Waals surface area contributed by atoms with Crippen LogP contribution in [-0.4, -0.2) is 46.6 Å². The topological polar surface area (TPSA) is 93.3 Å². The van der Waals surface area contributed by atoms with Gasteiger partial charge >= 0.3 is 0 Å². The highest BCUT2D eigenvalue weighted by Gasteiger charge is 2.12. The van der Waals surface area contributed by atoms with Crippen LogP contribution >= 0.6 is 0 Å². The average molecular weight is 278 g/mol. The average Bonchev–Trinajstić information content (AvgIpc) is 2.86. The first-order valence-electron chi connectivity index (χ1n) is 6.37. The third-order valence-corrected chi connectivity index (χ3v) is 2.69. The van der Waals surface area contributed by atoms with Crippen LogP contribution in [0.1, 0.15) is 12.2 Å². The molecule has 2 aromatic rings. The van der Waals surface area contributed by atoms with Crippen LogP contribution in [0.25, 0.3) is 11.5 Å². The lowest BCUT2D eigenvalue weighted by Crippen LogP contribution is -2.18. The Morgan fingerprint density at radius 2 is 2.35 bits per heavy atom. The van der Waals surface area contributed by atoms with Gasteiger partial charge in [-0.1, -0.05) is 5.16 Å². The fourth-order valence-corrected chi connectivity index (χ4v) is 1.76. The smallest absolute Gasteiger partial charge is 0.261 e. The molecule has 0 saturated heterocycles. The highest BCUT2D eigenvalue weighted by Crippen LogP contribution is 2.24. The SMILES string of the molecule is COCC(O)CCNc1ncccc1-c1nc(C)no1. The maximum Gasteiger partial charge on any atom is 0.261 e. The van der Waals surface area contributed by atoms with Crippen LogP contribution in [0.2, 0.25) is 0 Å². The molecular weight excluding hydrogens is 260 g/mol. The lowest BCUT2D eigenvalue weighted by Gasteiger charge is -2.11. The van der Waals surface area contributed by atoms with Crippen molar-refractivity contribution in [2.45, 2.75) is 19.4 Å². The molecule has 2 aromatic heterocycles. The fourth-order valence-electron chi connectivity index (χ4n) is 1.76. The number of nitrogens with one attached hydrogen (secondary N) is 1. The van der Waals surface area contributed by atoms with Crippen molar-refractivity contribution in [3.05, 3.63) is 24.2 Å². The second-order valence-electron chi connectivity index (χ2n) is 4.37. The van der Waals surface area contributed by atoms with Gasteiger partial charge in [-0.3, -0.25) is 0 Å². The normalized spacial score (nSPS) is 12.3. The summed E-state index contributed by atoms with van der Waals surface area (Å²) < 4.78 is 10.0. The molecule has 0 aliphatic heterocycles. The molecule has 7 nitrogen and oxygen atoms in total. The zero-order valence-corrected chi connectivity index (χ0v) is 11.5. The van der Waals surface area contributed by atoms with E-state index in [2.05, 4.69) is 20.4 Å². The van der Waals surface area contributed by atoms with Crippen LogP contribution in [0.4, 0.5) is 5.82 Å². The van der Waals surface area contributed by atoms with E-state index in [-0.39, 0.29) is 0 Å². The van der Waals surface area contributed by atoms with Gasteiger partial charge in [0.2, 0.25) is 0 Å². The van der Waals surface area contributed by atoms with Gasteiger partial charge in [0.1, 0.15) is 5.82 Å². The molecule has 0 fully saturated rings. The number of aliphatic hydroxyl groups is 1. The lowest BCUT2D eigenvalue weighted by molar-refractivity contribution is 0.0615. The Hall–Kier alpha value is -1.99. The number of aryl methyl sites for hydroxylation is 1. The molecule has 0 radical (unpaired) electrons. The van der Waals surface area contributed by atoms with E-state index < -0.39 is 6.10 Å². The summed E-state index contributed by atoms with van der Waals surface area (Å²) in [6.45, 7) is 2.65.